The standard InChI is InChI=1S/C9H6ClF3N2O4/c10-5-1-2-6(7(3-5)15(17)18)14-8(16)19-4-9(11,12)13/h1-3H,4H2,(H,14,16). The van der Waals surface area contributed by atoms with Crippen LogP contribution >= 0.6 is 11.6 Å². The first-order valence-corrected chi connectivity index (χ1v) is 5.01. The van der Waals surface area contributed by atoms with Crippen LogP contribution in [0.1, 0.15) is 0 Å². The van der Waals surface area contributed by atoms with Gasteiger partial charge in [-0.05, 0) is 12.1 Å². The number of alkyl halides is 3. The molecule has 0 atom stereocenters. The molecule has 10 heteroatoms. The number of anilines is 1. The normalized spacial score (nSPS) is 10.9. The number of hydrogen-bond donors (Lipinski definition) is 1. The lowest BCUT2D eigenvalue weighted by Crippen LogP contribution is -2.23. The summed E-state index contributed by atoms with van der Waals surface area (Å²) >= 11 is 5.52. The Morgan fingerprint density at radius 3 is 2.63 bits per heavy atom. The fourth-order valence-corrected chi connectivity index (χ4v) is 1.22. The lowest BCUT2D eigenvalue weighted by Gasteiger charge is -2.09. The van der Waals surface area contributed by atoms with Gasteiger partial charge >= 0.3 is 12.3 Å². The number of benzene rings is 1. The second kappa shape index (κ2) is 5.74. The molecule has 104 valence electrons. The smallest absolute Gasteiger partial charge is 0.422 e. The number of carbonyl (C=O) groups excluding carboxylic acids is 1. The number of nitrogens with zero attached hydrogens (tertiary/aromatic N) is 1. The second-order valence-corrected chi connectivity index (χ2v) is 3.67. The van der Waals surface area contributed by atoms with Gasteiger partial charge in [0.2, 0.25) is 0 Å². The third-order valence-electron chi connectivity index (χ3n) is 1.76. The van der Waals surface area contributed by atoms with E-state index in [0.29, 0.717) is 0 Å². The van der Waals surface area contributed by atoms with Crippen LogP contribution in [0.2, 0.25) is 5.02 Å². The highest BCUT2D eigenvalue weighted by atomic mass is 35.5. The van der Waals surface area contributed by atoms with Gasteiger partial charge in [0.1, 0.15) is 5.69 Å². The molecule has 1 aromatic rings. The van der Waals surface area contributed by atoms with Crippen molar-refractivity contribution in [1.82, 2.24) is 0 Å². The van der Waals surface area contributed by atoms with Gasteiger partial charge in [0.15, 0.2) is 6.61 Å². The maximum absolute atomic E-state index is 11.8. The predicted molar refractivity (Wildman–Crippen MR) is 59.1 cm³/mol. The highest BCUT2D eigenvalue weighted by Crippen LogP contribution is 2.27. The fourth-order valence-electron chi connectivity index (χ4n) is 1.05. The van der Waals surface area contributed by atoms with Crippen molar-refractivity contribution in [3.8, 4) is 0 Å². The molecule has 1 N–H and O–H groups in total. The number of rotatable bonds is 3. The SMILES string of the molecule is O=C(Nc1ccc(Cl)cc1[N+](=O)[O-])OCC(F)(F)F. The van der Waals surface area contributed by atoms with Crippen LogP contribution in [0.15, 0.2) is 18.2 Å². The predicted octanol–water partition coefficient (Wildman–Crippen LogP) is 3.36. The van der Waals surface area contributed by atoms with Crippen molar-refractivity contribution in [2.75, 3.05) is 11.9 Å². The molecule has 0 aliphatic heterocycles. The van der Waals surface area contributed by atoms with Gasteiger partial charge in [0, 0.05) is 11.1 Å². The Morgan fingerprint density at radius 1 is 1.47 bits per heavy atom. The van der Waals surface area contributed by atoms with E-state index in [1.165, 1.54) is 6.07 Å². The molecule has 0 radical (unpaired) electrons. The fraction of sp³-hybridized carbons (Fsp3) is 0.222. The summed E-state index contributed by atoms with van der Waals surface area (Å²) in [6.07, 6.45) is -6.13. The first-order chi connectivity index (χ1) is 8.69. The van der Waals surface area contributed by atoms with Crippen molar-refractivity contribution in [3.05, 3.63) is 33.3 Å². The first-order valence-electron chi connectivity index (χ1n) is 4.63. The van der Waals surface area contributed by atoms with Gasteiger partial charge in [-0.1, -0.05) is 11.6 Å². The number of halogens is 4. The maximum atomic E-state index is 11.8. The number of nitrogens with one attached hydrogen (secondary N) is 1. The van der Waals surface area contributed by atoms with Gasteiger partial charge in [0.05, 0.1) is 4.92 Å². The van der Waals surface area contributed by atoms with Crippen molar-refractivity contribution < 1.29 is 27.6 Å². The molecule has 1 amide bonds. The van der Waals surface area contributed by atoms with Crippen LogP contribution in [0, 0.1) is 10.1 Å². The van der Waals surface area contributed by atoms with E-state index in [9.17, 15) is 28.1 Å². The molecular formula is C9H6ClF3N2O4. The van der Waals surface area contributed by atoms with Gasteiger partial charge in [0.25, 0.3) is 5.69 Å². The third kappa shape index (κ3) is 5.00. The van der Waals surface area contributed by atoms with Gasteiger partial charge in [-0.15, -0.1) is 0 Å². The van der Waals surface area contributed by atoms with E-state index in [4.69, 9.17) is 11.6 Å². The molecule has 1 rings (SSSR count). The Bertz CT molecular complexity index is 507. The van der Waals surface area contributed by atoms with Crippen LogP contribution < -0.4 is 5.32 Å². The molecule has 0 bridgehead atoms. The number of amides is 1. The van der Waals surface area contributed by atoms with E-state index < -0.39 is 29.5 Å². The van der Waals surface area contributed by atoms with E-state index in [-0.39, 0.29) is 10.7 Å². The van der Waals surface area contributed by atoms with Crippen molar-refractivity contribution in [2.24, 2.45) is 0 Å². The van der Waals surface area contributed by atoms with Crippen LogP contribution in [-0.2, 0) is 4.74 Å². The first kappa shape index (κ1) is 15.0. The highest BCUT2D eigenvalue weighted by Gasteiger charge is 2.30. The quantitative estimate of drug-likeness (QED) is 0.685. The van der Waals surface area contributed by atoms with Gasteiger partial charge in [-0.2, -0.15) is 13.2 Å². The molecule has 0 aliphatic rings. The molecule has 0 aromatic heterocycles. The van der Waals surface area contributed by atoms with Crippen molar-refractivity contribution in [3.63, 3.8) is 0 Å². The summed E-state index contributed by atoms with van der Waals surface area (Å²) in [5, 5.41) is 12.5. The van der Waals surface area contributed by atoms with Crippen molar-refractivity contribution >= 4 is 29.1 Å². The Balaban J connectivity index is 2.77. The minimum Gasteiger partial charge on any atom is -0.440 e. The number of nitro groups is 1. The molecule has 0 unspecified atom stereocenters. The molecule has 1 aromatic carbocycles. The summed E-state index contributed by atoms with van der Waals surface area (Å²) in [6.45, 7) is -1.79. The zero-order valence-electron chi connectivity index (χ0n) is 9.03. The summed E-state index contributed by atoms with van der Waals surface area (Å²) in [5.41, 5.74) is -0.877. The average Bonchev–Trinajstić information content (AvgIpc) is 2.28. The number of carbonyl (C=O) groups is 1. The van der Waals surface area contributed by atoms with Crippen molar-refractivity contribution in [2.45, 2.75) is 6.18 Å². The molecule has 0 fully saturated rings. The zero-order valence-corrected chi connectivity index (χ0v) is 9.79. The second-order valence-electron chi connectivity index (χ2n) is 3.23. The van der Waals surface area contributed by atoms with Crippen molar-refractivity contribution in [1.29, 1.82) is 0 Å². The minimum atomic E-state index is -4.68. The van der Waals surface area contributed by atoms with E-state index >= 15 is 0 Å². The Labute approximate surface area is 109 Å². The minimum absolute atomic E-state index is 0.0425. The molecule has 0 saturated carbocycles. The maximum Gasteiger partial charge on any atom is 0.422 e. The highest BCUT2D eigenvalue weighted by molar-refractivity contribution is 6.31. The molecular weight excluding hydrogens is 293 g/mol. The number of hydrogen-bond acceptors (Lipinski definition) is 4. The summed E-state index contributed by atoms with van der Waals surface area (Å²) in [7, 11) is 0. The largest absolute Gasteiger partial charge is 0.440 e. The van der Waals surface area contributed by atoms with Crippen LogP contribution in [-0.4, -0.2) is 23.8 Å². The van der Waals surface area contributed by atoms with E-state index in [1.807, 2.05) is 5.32 Å². The summed E-state index contributed by atoms with van der Waals surface area (Å²) < 4.78 is 39.2. The molecule has 6 nitrogen and oxygen atoms in total. The van der Waals surface area contributed by atoms with Crippen LogP contribution in [0.3, 0.4) is 0 Å². The summed E-state index contributed by atoms with van der Waals surface area (Å²) in [6, 6.07) is 3.25. The number of ether oxygens (including phenoxy) is 1. The van der Waals surface area contributed by atoms with E-state index in [2.05, 4.69) is 4.74 Å². The van der Waals surface area contributed by atoms with E-state index in [0.717, 1.165) is 12.1 Å². The monoisotopic (exact) mass is 298 g/mol. The molecule has 19 heavy (non-hydrogen) atoms. The Hall–Kier alpha value is -2.03. The Kier molecular flexibility index (Phi) is 4.54. The van der Waals surface area contributed by atoms with Gasteiger partial charge in [-0.25, -0.2) is 4.79 Å². The number of nitro benzene ring substituents is 1. The average molecular weight is 299 g/mol. The zero-order chi connectivity index (χ0) is 14.6. The topological polar surface area (TPSA) is 81.5 Å². The summed E-state index contributed by atoms with van der Waals surface area (Å²) in [5.74, 6) is 0. The lowest BCUT2D eigenvalue weighted by atomic mass is 10.3. The van der Waals surface area contributed by atoms with Gasteiger partial charge < -0.3 is 4.74 Å². The van der Waals surface area contributed by atoms with Crippen LogP contribution in [0.5, 0.6) is 0 Å². The molecule has 0 spiro atoms. The lowest BCUT2D eigenvalue weighted by molar-refractivity contribution is -0.383. The summed E-state index contributed by atoms with van der Waals surface area (Å²) in [4.78, 5) is 20.8. The van der Waals surface area contributed by atoms with Crippen LogP contribution in [0.4, 0.5) is 29.3 Å². The third-order valence-corrected chi connectivity index (χ3v) is 2.00. The molecule has 0 saturated heterocycles. The molecule has 0 heterocycles. The van der Waals surface area contributed by atoms with E-state index in [1.54, 1.807) is 0 Å². The van der Waals surface area contributed by atoms with Crippen LogP contribution in [0.25, 0.3) is 0 Å². The Morgan fingerprint density at radius 2 is 2.11 bits per heavy atom. The van der Waals surface area contributed by atoms with Gasteiger partial charge in [-0.3, -0.25) is 15.4 Å². The molecule has 0 aliphatic carbocycles.